The van der Waals surface area contributed by atoms with Crippen LogP contribution in [0.15, 0.2) is 35.5 Å². The molecular weight excluding hydrogens is 334 g/mol. The fraction of sp³-hybridized carbons (Fsp3) is 0.500. The number of fused-ring (bicyclic) bond motifs is 1. The summed E-state index contributed by atoms with van der Waals surface area (Å²) in [5.74, 6) is 0.265. The Morgan fingerprint density at radius 2 is 2.08 bits per heavy atom. The molecule has 0 aliphatic heterocycles. The van der Waals surface area contributed by atoms with Gasteiger partial charge in [-0.15, -0.1) is 11.8 Å². The highest BCUT2D eigenvalue weighted by Crippen LogP contribution is 2.35. The van der Waals surface area contributed by atoms with Crippen molar-refractivity contribution in [2.75, 3.05) is 0 Å². The van der Waals surface area contributed by atoms with Gasteiger partial charge in [-0.3, -0.25) is 9.78 Å². The van der Waals surface area contributed by atoms with Gasteiger partial charge in [-0.2, -0.15) is 0 Å². The molecule has 0 amide bonds. The predicted octanol–water partition coefficient (Wildman–Crippen LogP) is 5.32. The largest absolute Gasteiger partial charge is 0.506 e. The zero-order valence-electron chi connectivity index (χ0n) is 15.0. The highest BCUT2D eigenvalue weighted by Gasteiger charge is 2.14. The molecule has 5 heteroatoms. The van der Waals surface area contributed by atoms with Crippen LogP contribution in [-0.2, 0) is 9.53 Å². The topological polar surface area (TPSA) is 59.4 Å². The normalized spacial score (nSPS) is 15.9. The number of hydrogen-bond donors (Lipinski definition) is 1. The van der Waals surface area contributed by atoms with Gasteiger partial charge in [0.15, 0.2) is 0 Å². The third-order valence-corrected chi connectivity index (χ3v) is 5.76. The first-order chi connectivity index (χ1) is 12.1. The number of carbonyl (C=O) groups excluding carboxylic acids is 1. The molecule has 1 unspecified atom stereocenters. The van der Waals surface area contributed by atoms with Gasteiger partial charge in [-0.25, -0.2) is 0 Å². The Labute approximate surface area is 154 Å². The van der Waals surface area contributed by atoms with E-state index in [0.717, 1.165) is 22.4 Å². The Morgan fingerprint density at radius 3 is 2.72 bits per heavy atom. The lowest BCUT2D eigenvalue weighted by Gasteiger charge is -2.21. The summed E-state index contributed by atoms with van der Waals surface area (Å²) in [6.45, 7) is 4.30. The third-order valence-electron chi connectivity index (χ3n) is 4.43. The van der Waals surface area contributed by atoms with Gasteiger partial charge in [0, 0.05) is 27.1 Å². The first-order valence-corrected chi connectivity index (χ1v) is 9.84. The van der Waals surface area contributed by atoms with E-state index in [-0.39, 0.29) is 11.9 Å². The number of aromatic hydroxyl groups is 1. The predicted molar refractivity (Wildman–Crippen MR) is 103 cm³/mol. The molecule has 1 aromatic heterocycles. The van der Waals surface area contributed by atoms with E-state index in [0.29, 0.717) is 6.47 Å². The van der Waals surface area contributed by atoms with Crippen LogP contribution in [0.4, 0.5) is 0 Å². The monoisotopic (exact) mass is 361 g/mol. The van der Waals surface area contributed by atoms with E-state index >= 15 is 0 Å². The molecule has 0 spiro atoms. The molecule has 0 bridgehead atoms. The minimum absolute atomic E-state index is 0.0810. The van der Waals surface area contributed by atoms with Crippen molar-refractivity contribution in [1.82, 2.24) is 4.98 Å². The minimum Gasteiger partial charge on any atom is -0.506 e. The van der Waals surface area contributed by atoms with E-state index < -0.39 is 0 Å². The second-order valence-electron chi connectivity index (χ2n) is 6.37. The van der Waals surface area contributed by atoms with Crippen molar-refractivity contribution in [3.8, 4) is 5.75 Å². The van der Waals surface area contributed by atoms with Gasteiger partial charge < -0.3 is 9.84 Å². The van der Waals surface area contributed by atoms with Crippen LogP contribution in [0.3, 0.4) is 0 Å². The maximum Gasteiger partial charge on any atom is 0.293 e. The van der Waals surface area contributed by atoms with Crippen LogP contribution in [0, 0.1) is 0 Å². The summed E-state index contributed by atoms with van der Waals surface area (Å²) in [6.07, 6.45) is 11.1. The Morgan fingerprint density at radius 1 is 1.32 bits per heavy atom. The Kier molecular flexibility index (Phi) is 8.06. The van der Waals surface area contributed by atoms with Crippen LogP contribution in [-0.4, -0.2) is 27.9 Å². The van der Waals surface area contributed by atoms with Crippen molar-refractivity contribution in [1.29, 1.82) is 0 Å². The zero-order chi connectivity index (χ0) is 18.1. The van der Waals surface area contributed by atoms with Crippen LogP contribution in [0.5, 0.6) is 5.75 Å². The second-order valence-corrected chi connectivity index (χ2v) is 7.74. The van der Waals surface area contributed by atoms with Crippen LogP contribution in [0.2, 0.25) is 0 Å². The highest BCUT2D eigenvalue weighted by molar-refractivity contribution is 8.00. The number of carbonyl (C=O) groups is 1. The molecule has 1 fully saturated rings. The summed E-state index contributed by atoms with van der Waals surface area (Å²) in [5.41, 5.74) is 0. The fourth-order valence-corrected chi connectivity index (χ4v) is 4.07. The first-order valence-electron chi connectivity index (χ1n) is 8.96. The molecule has 1 aliphatic carbocycles. The Bertz CT molecular complexity index is 671. The third kappa shape index (κ3) is 6.24. The summed E-state index contributed by atoms with van der Waals surface area (Å²) in [5, 5.41) is 12.4. The number of thioether (sulfide) groups is 1. The SMILES string of the molecule is CCC(C)OC=O.Oc1cncc2cc(SC3CCCCC3)ccc12. The molecule has 136 valence electrons. The van der Waals surface area contributed by atoms with Gasteiger partial charge in [0.2, 0.25) is 0 Å². The molecule has 1 aromatic carbocycles. The molecule has 0 radical (unpaired) electrons. The number of rotatable bonds is 5. The molecule has 0 saturated heterocycles. The minimum atomic E-state index is 0.0810. The molecule has 1 aliphatic rings. The molecule has 3 rings (SSSR count). The Hall–Kier alpha value is -1.75. The van der Waals surface area contributed by atoms with Crippen molar-refractivity contribution < 1.29 is 14.6 Å². The molecule has 1 atom stereocenters. The second kappa shape index (κ2) is 10.3. The van der Waals surface area contributed by atoms with Crippen LogP contribution in [0.25, 0.3) is 10.8 Å². The number of nitrogens with zero attached hydrogens (tertiary/aromatic N) is 1. The summed E-state index contributed by atoms with van der Waals surface area (Å²) < 4.78 is 4.51. The zero-order valence-corrected chi connectivity index (χ0v) is 15.8. The lowest BCUT2D eigenvalue weighted by Crippen LogP contribution is -2.07. The van der Waals surface area contributed by atoms with Crippen molar-refractivity contribution in [3.63, 3.8) is 0 Å². The Balaban J connectivity index is 0.000000277. The molecule has 25 heavy (non-hydrogen) atoms. The molecule has 1 heterocycles. The van der Waals surface area contributed by atoms with Gasteiger partial charge in [0.25, 0.3) is 6.47 Å². The highest BCUT2D eigenvalue weighted by atomic mass is 32.2. The van der Waals surface area contributed by atoms with Crippen molar-refractivity contribution in [2.24, 2.45) is 0 Å². The van der Waals surface area contributed by atoms with Crippen LogP contribution < -0.4 is 0 Å². The first kappa shape index (κ1) is 19.6. The standard InChI is InChI=1S/C15H17NOS.C5H10O2/c17-15-10-16-9-11-8-13(6-7-14(11)15)18-12-4-2-1-3-5-12;1-3-5(2)7-4-6/h6-10,12,17H,1-5H2;4-5H,3H2,1-2H3. The number of ether oxygens (including phenoxy) is 1. The van der Waals surface area contributed by atoms with Crippen molar-refractivity contribution in [3.05, 3.63) is 30.6 Å². The summed E-state index contributed by atoms with van der Waals surface area (Å²) >= 11 is 1.98. The van der Waals surface area contributed by atoms with Gasteiger partial charge in [-0.1, -0.05) is 26.2 Å². The van der Waals surface area contributed by atoms with E-state index in [2.05, 4.69) is 21.9 Å². The maximum atomic E-state index is 9.71. The van der Waals surface area contributed by atoms with Crippen LogP contribution >= 0.6 is 11.8 Å². The maximum absolute atomic E-state index is 9.71. The average Bonchev–Trinajstić information content (AvgIpc) is 2.63. The van der Waals surface area contributed by atoms with Gasteiger partial charge in [0.05, 0.1) is 12.3 Å². The molecular formula is C20H27NO3S. The number of aromatic nitrogens is 1. The molecule has 2 aromatic rings. The number of hydrogen-bond acceptors (Lipinski definition) is 5. The number of benzene rings is 1. The van der Waals surface area contributed by atoms with Crippen LogP contribution in [0.1, 0.15) is 52.4 Å². The van der Waals surface area contributed by atoms with E-state index in [9.17, 15) is 9.90 Å². The summed E-state index contributed by atoms with van der Waals surface area (Å²) in [6, 6.07) is 6.25. The molecule has 4 nitrogen and oxygen atoms in total. The number of pyridine rings is 1. The van der Waals surface area contributed by atoms with E-state index in [1.807, 2.05) is 37.9 Å². The molecule has 1 N–H and O–H groups in total. The lowest BCUT2D eigenvalue weighted by atomic mass is 10.0. The fourth-order valence-electron chi connectivity index (χ4n) is 2.78. The quantitative estimate of drug-likeness (QED) is 0.730. The summed E-state index contributed by atoms with van der Waals surface area (Å²) in [7, 11) is 0. The van der Waals surface area contributed by atoms with Crippen molar-refractivity contribution >= 4 is 29.0 Å². The van der Waals surface area contributed by atoms with Crippen molar-refractivity contribution in [2.45, 2.75) is 68.6 Å². The smallest absolute Gasteiger partial charge is 0.293 e. The van der Waals surface area contributed by atoms with Gasteiger partial charge in [-0.05, 0) is 44.4 Å². The van der Waals surface area contributed by atoms with Gasteiger partial charge >= 0.3 is 0 Å². The van der Waals surface area contributed by atoms with Gasteiger partial charge in [0.1, 0.15) is 5.75 Å². The van der Waals surface area contributed by atoms with E-state index in [4.69, 9.17) is 0 Å². The lowest BCUT2D eigenvalue weighted by molar-refractivity contribution is -0.132. The summed E-state index contributed by atoms with van der Waals surface area (Å²) in [4.78, 5) is 14.9. The molecule has 1 saturated carbocycles. The average molecular weight is 362 g/mol. The van der Waals surface area contributed by atoms with E-state index in [1.165, 1.54) is 43.2 Å². The van der Waals surface area contributed by atoms with E-state index in [1.54, 1.807) is 0 Å².